The zero-order valence-corrected chi connectivity index (χ0v) is 17.0. The van der Waals surface area contributed by atoms with Crippen LogP contribution in [0.1, 0.15) is 53.9 Å². The third kappa shape index (κ3) is 2.76. The molecule has 1 aliphatic heterocycles. The monoisotopic (exact) mass is 378 g/mol. The number of fused-ring (bicyclic) bond motifs is 2. The molecule has 6 atom stereocenters. The first kappa shape index (κ1) is 20.1. The number of esters is 2. The molecule has 6 nitrogen and oxygen atoms in total. The van der Waals surface area contributed by atoms with Gasteiger partial charge in [0.15, 0.2) is 0 Å². The number of rotatable bonds is 3. The molecular weight excluding hydrogens is 348 g/mol. The van der Waals surface area contributed by atoms with Crippen LogP contribution < -0.4 is 0 Å². The zero-order valence-electron chi connectivity index (χ0n) is 17.0. The highest BCUT2D eigenvalue weighted by atomic mass is 16.7. The van der Waals surface area contributed by atoms with Crippen LogP contribution in [-0.4, -0.2) is 42.1 Å². The molecule has 2 aliphatic carbocycles. The van der Waals surface area contributed by atoms with Gasteiger partial charge in [-0.3, -0.25) is 0 Å². The minimum absolute atomic E-state index is 0.0780. The van der Waals surface area contributed by atoms with Crippen molar-refractivity contribution in [2.45, 2.75) is 71.9 Å². The topological polar surface area (TPSA) is 82.1 Å². The minimum Gasteiger partial charge on any atom is -0.459 e. The summed E-state index contributed by atoms with van der Waals surface area (Å²) in [5.74, 6) is -1.92. The highest BCUT2D eigenvalue weighted by Crippen LogP contribution is 2.60. The van der Waals surface area contributed by atoms with E-state index >= 15 is 0 Å². The Labute approximate surface area is 160 Å². The van der Waals surface area contributed by atoms with E-state index in [9.17, 15) is 14.7 Å². The molecule has 150 valence electrons. The third-order valence-corrected chi connectivity index (χ3v) is 7.32. The molecule has 0 radical (unpaired) electrons. The lowest BCUT2D eigenvalue weighted by Crippen LogP contribution is -2.61. The van der Waals surface area contributed by atoms with Crippen LogP contribution in [0.5, 0.6) is 0 Å². The number of hydrogen-bond donors (Lipinski definition) is 1. The molecular formula is C21H30O6. The Morgan fingerprint density at radius 3 is 2.63 bits per heavy atom. The van der Waals surface area contributed by atoms with Crippen molar-refractivity contribution >= 4 is 11.9 Å². The minimum atomic E-state index is -1.17. The van der Waals surface area contributed by atoms with E-state index in [1.807, 2.05) is 13.8 Å². The predicted molar refractivity (Wildman–Crippen MR) is 98.5 cm³/mol. The Balaban J connectivity index is 1.95. The first-order valence-corrected chi connectivity index (χ1v) is 9.64. The second kappa shape index (κ2) is 6.74. The van der Waals surface area contributed by atoms with E-state index in [0.29, 0.717) is 29.6 Å². The van der Waals surface area contributed by atoms with Gasteiger partial charge in [0, 0.05) is 41.6 Å². The van der Waals surface area contributed by atoms with Gasteiger partial charge >= 0.3 is 11.9 Å². The maximum Gasteiger partial charge on any atom is 0.336 e. The summed E-state index contributed by atoms with van der Waals surface area (Å²) in [5.41, 5.74) is 0.974. The first-order valence-electron chi connectivity index (χ1n) is 9.64. The number of aliphatic hydroxyl groups is 1. The average molecular weight is 378 g/mol. The van der Waals surface area contributed by atoms with Crippen molar-refractivity contribution in [1.29, 1.82) is 0 Å². The third-order valence-electron chi connectivity index (χ3n) is 7.32. The summed E-state index contributed by atoms with van der Waals surface area (Å²) < 4.78 is 17.0. The number of carbonyl (C=O) groups excluding carboxylic acids is 2. The molecule has 6 heteroatoms. The highest BCUT2D eigenvalue weighted by Gasteiger charge is 2.65. The van der Waals surface area contributed by atoms with E-state index < -0.39 is 23.3 Å². The maximum absolute atomic E-state index is 12.3. The molecule has 27 heavy (non-hydrogen) atoms. The Morgan fingerprint density at radius 1 is 1.37 bits per heavy atom. The maximum atomic E-state index is 12.3. The summed E-state index contributed by atoms with van der Waals surface area (Å²) in [6, 6.07) is 0. The molecule has 0 spiro atoms. The lowest BCUT2D eigenvalue weighted by atomic mass is 9.51. The summed E-state index contributed by atoms with van der Waals surface area (Å²) in [5, 5.41) is 11.4. The molecule has 0 aromatic carbocycles. The largest absolute Gasteiger partial charge is 0.459 e. The van der Waals surface area contributed by atoms with E-state index in [1.165, 1.54) is 7.11 Å². The number of allylic oxidation sites excluding steroid dienone is 1. The number of ether oxygens (including phenoxy) is 3. The van der Waals surface area contributed by atoms with Gasteiger partial charge in [-0.05, 0) is 39.5 Å². The Morgan fingerprint density at radius 2 is 2.04 bits per heavy atom. The first-order chi connectivity index (χ1) is 12.6. The van der Waals surface area contributed by atoms with E-state index in [1.54, 1.807) is 26.8 Å². The fraction of sp³-hybridized carbons (Fsp3) is 0.714. The number of hydrogen-bond acceptors (Lipinski definition) is 6. The van der Waals surface area contributed by atoms with E-state index in [4.69, 9.17) is 14.2 Å². The molecule has 2 fully saturated rings. The lowest BCUT2D eigenvalue weighted by Gasteiger charge is -2.57. The van der Waals surface area contributed by atoms with Gasteiger partial charge < -0.3 is 19.3 Å². The quantitative estimate of drug-likeness (QED) is 0.601. The van der Waals surface area contributed by atoms with Crippen LogP contribution in [0, 0.1) is 17.3 Å². The molecule has 0 bridgehead atoms. The van der Waals surface area contributed by atoms with Crippen molar-refractivity contribution in [3.05, 3.63) is 22.8 Å². The van der Waals surface area contributed by atoms with Crippen molar-refractivity contribution in [2.75, 3.05) is 7.11 Å². The van der Waals surface area contributed by atoms with Crippen LogP contribution >= 0.6 is 0 Å². The predicted octanol–water partition coefficient (Wildman–Crippen LogP) is 2.90. The molecule has 3 aliphatic rings. The lowest BCUT2D eigenvalue weighted by molar-refractivity contribution is -0.241. The molecule has 0 saturated heterocycles. The fourth-order valence-electron chi connectivity index (χ4n) is 5.11. The van der Waals surface area contributed by atoms with Crippen LogP contribution in [0.25, 0.3) is 0 Å². The molecule has 1 N–H and O–H groups in total. The number of carbonyl (C=O) groups is 2. The van der Waals surface area contributed by atoms with Crippen molar-refractivity contribution in [3.8, 4) is 0 Å². The standard InChI is InChI=1S/C21H30O6/c1-7-11(2)18(23)26-15-9-8-14-10-21(25-6)16(12(3)19(24)27-21)17(22)20(14,5)13(15)4/h7,13-15,17,22H,8-10H2,1-6H3/b11-7-/t13-,14+,15-,17-,20+,21-/m0/s1. The van der Waals surface area contributed by atoms with Gasteiger partial charge in [-0.25, -0.2) is 9.59 Å². The van der Waals surface area contributed by atoms with E-state index in [-0.39, 0.29) is 23.9 Å². The number of methoxy groups -OCH3 is 1. The fourth-order valence-corrected chi connectivity index (χ4v) is 5.11. The zero-order chi connectivity index (χ0) is 20.1. The summed E-state index contributed by atoms with van der Waals surface area (Å²) >= 11 is 0. The molecule has 1 heterocycles. The summed E-state index contributed by atoms with van der Waals surface area (Å²) in [6.45, 7) is 9.26. The molecule has 0 aromatic heterocycles. The van der Waals surface area contributed by atoms with Crippen LogP contribution in [0.3, 0.4) is 0 Å². The molecule has 0 aromatic rings. The van der Waals surface area contributed by atoms with Gasteiger partial charge in [-0.15, -0.1) is 0 Å². The molecule has 2 saturated carbocycles. The summed E-state index contributed by atoms with van der Waals surface area (Å²) in [7, 11) is 1.51. The SMILES string of the molecule is C/C=C(/C)C(=O)O[C@H]1CC[C@@H]2C[C@]3(OC)OC(=O)C(C)=C3[C@H](O)[C@]2(C)[C@H]1C. The van der Waals surface area contributed by atoms with Crippen LogP contribution in [0.4, 0.5) is 0 Å². The Kier molecular flexibility index (Phi) is 5.02. The van der Waals surface area contributed by atoms with Crippen molar-refractivity contribution in [2.24, 2.45) is 17.3 Å². The smallest absolute Gasteiger partial charge is 0.336 e. The van der Waals surface area contributed by atoms with E-state index in [2.05, 4.69) is 0 Å². The highest BCUT2D eigenvalue weighted by molar-refractivity contribution is 5.92. The van der Waals surface area contributed by atoms with Crippen molar-refractivity contribution in [3.63, 3.8) is 0 Å². The van der Waals surface area contributed by atoms with Crippen molar-refractivity contribution in [1.82, 2.24) is 0 Å². The second-order valence-corrected chi connectivity index (χ2v) is 8.34. The molecule has 0 amide bonds. The van der Waals surface area contributed by atoms with Gasteiger partial charge in [-0.2, -0.15) is 0 Å². The average Bonchev–Trinajstić information content (AvgIpc) is 2.90. The second-order valence-electron chi connectivity index (χ2n) is 8.34. The van der Waals surface area contributed by atoms with Gasteiger partial charge in [-0.1, -0.05) is 19.9 Å². The summed E-state index contributed by atoms with van der Waals surface area (Å²) in [6.07, 6.45) is 2.54. The van der Waals surface area contributed by atoms with Gasteiger partial charge in [0.2, 0.25) is 5.79 Å². The van der Waals surface area contributed by atoms with Crippen LogP contribution in [-0.2, 0) is 23.8 Å². The normalized spacial score (nSPS) is 41.7. The molecule has 3 rings (SSSR count). The van der Waals surface area contributed by atoms with Crippen LogP contribution in [0.15, 0.2) is 22.8 Å². The Bertz CT molecular complexity index is 722. The van der Waals surface area contributed by atoms with Crippen molar-refractivity contribution < 1.29 is 28.9 Å². The number of aliphatic hydroxyl groups excluding tert-OH is 1. The van der Waals surface area contributed by atoms with Gasteiger partial charge in [0.25, 0.3) is 0 Å². The Hall–Kier alpha value is -1.66. The van der Waals surface area contributed by atoms with Gasteiger partial charge in [0.1, 0.15) is 6.10 Å². The van der Waals surface area contributed by atoms with E-state index in [0.717, 1.165) is 6.42 Å². The molecule has 0 unspecified atom stereocenters. The summed E-state index contributed by atoms with van der Waals surface area (Å²) in [4.78, 5) is 24.5. The van der Waals surface area contributed by atoms with Crippen LogP contribution in [0.2, 0.25) is 0 Å². The van der Waals surface area contributed by atoms with Gasteiger partial charge in [0.05, 0.1) is 6.10 Å².